The predicted molar refractivity (Wildman–Crippen MR) is 74.7 cm³/mol. The second-order valence-corrected chi connectivity index (χ2v) is 6.23. The van der Waals surface area contributed by atoms with Gasteiger partial charge < -0.3 is 13.3 Å². The molecule has 0 spiro atoms. The average molecular weight is 321 g/mol. The van der Waals surface area contributed by atoms with Crippen LogP contribution < -0.4 is 0 Å². The van der Waals surface area contributed by atoms with Crippen LogP contribution in [0, 0.1) is 0 Å². The lowest BCUT2D eigenvalue weighted by molar-refractivity contribution is -0.137. The van der Waals surface area contributed by atoms with E-state index in [0.29, 0.717) is 12.0 Å². The summed E-state index contributed by atoms with van der Waals surface area (Å²) in [7, 11) is 1.35. The highest BCUT2D eigenvalue weighted by Gasteiger charge is 2.30. The van der Waals surface area contributed by atoms with Gasteiger partial charge in [-0.05, 0) is 37.8 Å². The van der Waals surface area contributed by atoms with Crippen molar-refractivity contribution in [2.45, 2.75) is 38.5 Å². The first-order valence-corrected chi connectivity index (χ1v) is 7.87. The third kappa shape index (κ3) is 6.60. The van der Waals surface area contributed by atoms with Gasteiger partial charge in [0.05, 0.1) is 5.56 Å². The van der Waals surface area contributed by atoms with Crippen molar-refractivity contribution >= 4 is 9.53 Å². The van der Waals surface area contributed by atoms with E-state index in [1.807, 2.05) is 6.92 Å². The van der Waals surface area contributed by atoms with Crippen molar-refractivity contribution in [2.24, 2.45) is 0 Å². The zero-order chi connectivity index (χ0) is 15.9. The Balaban J connectivity index is 2.42. The molecule has 0 amide bonds. The first kappa shape index (κ1) is 18.2. The fourth-order valence-corrected chi connectivity index (χ4v) is 2.71. The van der Waals surface area contributed by atoms with Crippen LogP contribution >= 0.6 is 0 Å². The molecular formula is C14H20F3O3Si. The van der Waals surface area contributed by atoms with E-state index in [2.05, 4.69) is 0 Å². The van der Waals surface area contributed by atoms with E-state index in [9.17, 15) is 13.2 Å². The van der Waals surface area contributed by atoms with Crippen LogP contribution in [0.25, 0.3) is 0 Å². The average Bonchev–Trinajstić information content (AvgIpc) is 2.44. The van der Waals surface area contributed by atoms with Crippen molar-refractivity contribution in [1.82, 2.24) is 0 Å². The summed E-state index contributed by atoms with van der Waals surface area (Å²) in [6.07, 6.45) is -2.28. The number of hydrogen-bond donors (Lipinski definition) is 0. The number of hydrogen-bond acceptors (Lipinski definition) is 3. The summed E-state index contributed by atoms with van der Waals surface area (Å²) in [5, 5.41) is 0. The smallest absolute Gasteiger partial charge is 0.375 e. The molecule has 1 unspecified atom stereocenters. The monoisotopic (exact) mass is 321 g/mol. The SMILES string of the molecule is CO[Si](OC)OC(C)CCCc1cccc(C(F)(F)F)c1. The summed E-state index contributed by atoms with van der Waals surface area (Å²) in [4.78, 5) is 0. The Morgan fingerprint density at radius 2 is 1.86 bits per heavy atom. The molecule has 0 heterocycles. The minimum Gasteiger partial charge on any atom is -0.375 e. The molecule has 1 aromatic carbocycles. The molecule has 7 heteroatoms. The minimum atomic E-state index is -4.29. The highest BCUT2D eigenvalue weighted by Crippen LogP contribution is 2.29. The van der Waals surface area contributed by atoms with E-state index < -0.39 is 21.3 Å². The molecule has 0 aromatic heterocycles. The van der Waals surface area contributed by atoms with E-state index in [1.165, 1.54) is 26.4 Å². The largest absolute Gasteiger partial charge is 0.577 e. The van der Waals surface area contributed by atoms with Gasteiger partial charge in [0.15, 0.2) is 0 Å². The van der Waals surface area contributed by atoms with Crippen molar-refractivity contribution < 1.29 is 26.4 Å². The molecule has 1 radical (unpaired) electrons. The zero-order valence-electron chi connectivity index (χ0n) is 12.4. The van der Waals surface area contributed by atoms with E-state index in [1.54, 1.807) is 6.07 Å². The Hall–Kier alpha value is -0.893. The van der Waals surface area contributed by atoms with Gasteiger partial charge in [-0.3, -0.25) is 0 Å². The summed E-state index contributed by atoms with van der Waals surface area (Å²) in [6, 6.07) is 5.43. The molecule has 0 fully saturated rings. The summed E-state index contributed by atoms with van der Waals surface area (Å²) in [5.74, 6) is 0. The Kier molecular flexibility index (Phi) is 7.37. The maximum Gasteiger partial charge on any atom is 0.577 e. The van der Waals surface area contributed by atoms with Crippen molar-refractivity contribution in [1.29, 1.82) is 0 Å². The predicted octanol–water partition coefficient (Wildman–Crippen LogP) is 3.71. The van der Waals surface area contributed by atoms with Crippen LogP contribution in [-0.4, -0.2) is 29.9 Å². The minimum absolute atomic E-state index is 0.0513. The van der Waals surface area contributed by atoms with Crippen molar-refractivity contribution in [3.8, 4) is 0 Å². The van der Waals surface area contributed by atoms with Crippen LogP contribution in [0.3, 0.4) is 0 Å². The van der Waals surface area contributed by atoms with Gasteiger partial charge in [0.25, 0.3) is 0 Å². The number of aryl methyl sites for hydroxylation is 1. The Bertz CT molecular complexity index is 422. The summed E-state index contributed by atoms with van der Waals surface area (Å²) >= 11 is 0. The van der Waals surface area contributed by atoms with Crippen LogP contribution in [0.15, 0.2) is 24.3 Å². The van der Waals surface area contributed by atoms with Gasteiger partial charge in [0.1, 0.15) is 0 Å². The van der Waals surface area contributed by atoms with Crippen LogP contribution in [0.5, 0.6) is 0 Å². The van der Waals surface area contributed by atoms with Gasteiger partial charge in [0.2, 0.25) is 0 Å². The van der Waals surface area contributed by atoms with Crippen molar-refractivity contribution in [3.63, 3.8) is 0 Å². The van der Waals surface area contributed by atoms with Gasteiger partial charge in [-0.2, -0.15) is 13.2 Å². The quantitative estimate of drug-likeness (QED) is 0.683. The third-order valence-corrected chi connectivity index (χ3v) is 4.22. The molecule has 0 saturated carbocycles. The Morgan fingerprint density at radius 3 is 2.43 bits per heavy atom. The van der Waals surface area contributed by atoms with E-state index in [-0.39, 0.29) is 6.10 Å². The lowest BCUT2D eigenvalue weighted by atomic mass is 10.0. The van der Waals surface area contributed by atoms with E-state index in [0.717, 1.165) is 18.9 Å². The maximum absolute atomic E-state index is 12.6. The van der Waals surface area contributed by atoms with Gasteiger partial charge >= 0.3 is 15.7 Å². The van der Waals surface area contributed by atoms with Crippen LogP contribution in [0.2, 0.25) is 0 Å². The molecule has 0 aliphatic heterocycles. The Labute approximate surface area is 125 Å². The molecule has 0 N–H and O–H groups in total. The van der Waals surface area contributed by atoms with Crippen LogP contribution in [0.1, 0.15) is 30.9 Å². The molecule has 0 aliphatic rings. The number of alkyl halides is 3. The molecule has 1 aromatic rings. The van der Waals surface area contributed by atoms with E-state index in [4.69, 9.17) is 13.3 Å². The molecular weight excluding hydrogens is 301 g/mol. The van der Waals surface area contributed by atoms with Gasteiger partial charge in [-0.1, -0.05) is 18.2 Å². The maximum atomic E-state index is 12.6. The fraction of sp³-hybridized carbons (Fsp3) is 0.571. The second-order valence-electron chi connectivity index (χ2n) is 4.68. The first-order valence-electron chi connectivity index (χ1n) is 6.64. The fourth-order valence-electron chi connectivity index (χ4n) is 1.90. The third-order valence-electron chi connectivity index (χ3n) is 2.96. The van der Waals surface area contributed by atoms with Crippen molar-refractivity contribution in [2.75, 3.05) is 14.2 Å². The molecule has 1 atom stereocenters. The zero-order valence-corrected chi connectivity index (χ0v) is 13.4. The highest BCUT2D eigenvalue weighted by atomic mass is 28.3. The van der Waals surface area contributed by atoms with Gasteiger partial charge in [0, 0.05) is 20.3 Å². The van der Waals surface area contributed by atoms with E-state index >= 15 is 0 Å². The summed E-state index contributed by atoms with van der Waals surface area (Å²) < 4.78 is 53.4. The highest BCUT2D eigenvalue weighted by molar-refractivity contribution is 6.36. The standard InChI is InChI=1S/C14H20F3O3Si/c1-11(20-21(18-2)19-3)6-4-7-12-8-5-9-13(10-12)14(15,16)17/h5,8-11H,4,6-7H2,1-3H3. The molecule has 21 heavy (non-hydrogen) atoms. The lowest BCUT2D eigenvalue weighted by Crippen LogP contribution is -2.28. The second kappa shape index (κ2) is 8.53. The molecule has 0 aliphatic carbocycles. The number of rotatable bonds is 8. The topological polar surface area (TPSA) is 27.7 Å². The van der Waals surface area contributed by atoms with Gasteiger partial charge in [-0.25, -0.2) is 0 Å². The number of halogens is 3. The lowest BCUT2D eigenvalue weighted by Gasteiger charge is -2.16. The number of benzene rings is 1. The summed E-state index contributed by atoms with van der Waals surface area (Å²) in [6.45, 7) is 1.90. The first-order chi connectivity index (χ1) is 9.86. The van der Waals surface area contributed by atoms with Crippen LogP contribution in [0.4, 0.5) is 13.2 Å². The molecule has 3 nitrogen and oxygen atoms in total. The van der Waals surface area contributed by atoms with Crippen molar-refractivity contribution in [3.05, 3.63) is 35.4 Å². The van der Waals surface area contributed by atoms with Crippen LogP contribution in [-0.2, 0) is 25.9 Å². The molecule has 119 valence electrons. The summed E-state index contributed by atoms with van der Waals surface area (Å²) in [5.41, 5.74) is 0.0783. The Morgan fingerprint density at radius 1 is 1.19 bits per heavy atom. The molecule has 0 bridgehead atoms. The van der Waals surface area contributed by atoms with Gasteiger partial charge in [-0.15, -0.1) is 0 Å². The normalized spacial score (nSPS) is 13.7. The molecule has 0 saturated heterocycles. The molecule has 1 rings (SSSR count).